The van der Waals surface area contributed by atoms with Gasteiger partial charge in [0.2, 0.25) is 0 Å². The van der Waals surface area contributed by atoms with Crippen molar-refractivity contribution in [2.75, 3.05) is 44.7 Å². The van der Waals surface area contributed by atoms with E-state index in [9.17, 15) is 9.59 Å². The summed E-state index contributed by atoms with van der Waals surface area (Å²) in [6.07, 6.45) is 2.75. The largest absolute Gasteiger partial charge is 0.465 e. The fourth-order valence-electron chi connectivity index (χ4n) is 4.35. The van der Waals surface area contributed by atoms with Crippen LogP contribution in [0.1, 0.15) is 28.0 Å². The van der Waals surface area contributed by atoms with Gasteiger partial charge in [0.1, 0.15) is 5.82 Å². The lowest BCUT2D eigenvalue weighted by molar-refractivity contribution is 0.0600. The highest BCUT2D eigenvalue weighted by molar-refractivity contribution is 5.89. The molecule has 0 saturated carbocycles. The molecule has 0 bridgehead atoms. The minimum atomic E-state index is -0.374. The number of methoxy groups -OCH3 is 1. The molecule has 1 saturated heterocycles. The Hall–Kier alpha value is -3.10. The van der Waals surface area contributed by atoms with Crippen LogP contribution in [0.15, 0.2) is 53.5 Å². The van der Waals surface area contributed by atoms with E-state index in [-0.39, 0.29) is 23.9 Å². The van der Waals surface area contributed by atoms with Gasteiger partial charge in [-0.1, -0.05) is 0 Å². The number of carbonyl (C=O) groups excluding carboxylic acids is 1. The van der Waals surface area contributed by atoms with Gasteiger partial charge < -0.3 is 9.64 Å². The van der Waals surface area contributed by atoms with E-state index in [2.05, 4.69) is 27.8 Å². The Morgan fingerprint density at radius 2 is 1.71 bits per heavy atom. The Morgan fingerprint density at radius 1 is 1.00 bits per heavy atom. The van der Waals surface area contributed by atoms with Crippen LogP contribution in [0, 0.1) is 13.8 Å². The van der Waals surface area contributed by atoms with E-state index in [1.165, 1.54) is 12.7 Å². The van der Waals surface area contributed by atoms with Crippen molar-refractivity contribution in [1.29, 1.82) is 0 Å². The number of nitrogens with zero attached hydrogens (tertiary/aromatic N) is 5. The highest BCUT2D eigenvalue weighted by Gasteiger charge is 2.18. The number of aryl methyl sites for hydroxylation is 2. The quantitative estimate of drug-likeness (QED) is 0.479. The molecule has 1 aliphatic rings. The predicted octanol–water partition coefficient (Wildman–Crippen LogP) is 3.07. The molecule has 3 aromatic rings. The smallest absolute Gasteiger partial charge is 0.337 e. The van der Waals surface area contributed by atoms with Crippen LogP contribution in [-0.2, 0) is 11.3 Å². The van der Waals surface area contributed by atoms with E-state index in [1.54, 1.807) is 22.9 Å². The second kappa shape index (κ2) is 11.4. The van der Waals surface area contributed by atoms with Gasteiger partial charge in [-0.05, 0) is 62.2 Å². The number of rotatable bonds is 7. The predicted molar refractivity (Wildman–Crippen MR) is 136 cm³/mol. The van der Waals surface area contributed by atoms with E-state index in [0.717, 1.165) is 56.3 Å². The van der Waals surface area contributed by atoms with Crippen molar-refractivity contribution in [1.82, 2.24) is 19.2 Å². The molecule has 2 aromatic heterocycles. The SMILES string of the molecule is COC(=O)c1ccc(-n2c(C)cc(=O)n2CCCN2CCN(c3cc(C)ccn3)CC2)cc1.Cl. The monoisotopic (exact) mass is 485 g/mol. The first-order chi connectivity index (χ1) is 16.0. The first-order valence-electron chi connectivity index (χ1n) is 11.3. The maximum atomic E-state index is 12.6. The molecule has 9 heteroatoms. The number of anilines is 1. The Morgan fingerprint density at radius 3 is 2.35 bits per heavy atom. The van der Waals surface area contributed by atoms with Crippen LogP contribution in [0.2, 0.25) is 0 Å². The van der Waals surface area contributed by atoms with Crippen molar-refractivity contribution >= 4 is 24.2 Å². The van der Waals surface area contributed by atoms with Crippen LogP contribution in [-0.4, -0.2) is 65.1 Å². The minimum Gasteiger partial charge on any atom is -0.465 e. The second-order valence-electron chi connectivity index (χ2n) is 8.47. The summed E-state index contributed by atoms with van der Waals surface area (Å²) in [4.78, 5) is 33.6. The Labute approximate surface area is 206 Å². The summed E-state index contributed by atoms with van der Waals surface area (Å²) in [7, 11) is 1.36. The summed E-state index contributed by atoms with van der Waals surface area (Å²) in [5.74, 6) is 0.675. The summed E-state index contributed by atoms with van der Waals surface area (Å²) in [6.45, 7) is 9.47. The summed E-state index contributed by atoms with van der Waals surface area (Å²) in [6, 6.07) is 12.9. The molecule has 3 heterocycles. The van der Waals surface area contributed by atoms with E-state index in [1.807, 2.05) is 36.0 Å². The Bertz CT molecular complexity index is 1160. The third kappa shape index (κ3) is 5.69. The van der Waals surface area contributed by atoms with Crippen molar-refractivity contribution in [3.05, 3.63) is 75.8 Å². The van der Waals surface area contributed by atoms with Crippen molar-refractivity contribution in [2.24, 2.45) is 0 Å². The third-order valence-electron chi connectivity index (χ3n) is 6.14. The number of pyridine rings is 1. The summed E-state index contributed by atoms with van der Waals surface area (Å²) < 4.78 is 8.46. The van der Waals surface area contributed by atoms with Gasteiger partial charge in [-0.3, -0.25) is 14.4 Å². The number of ether oxygens (including phenoxy) is 1. The summed E-state index contributed by atoms with van der Waals surface area (Å²) >= 11 is 0. The molecule has 0 atom stereocenters. The Balaban J connectivity index is 0.00000324. The number of benzene rings is 1. The normalized spacial score (nSPS) is 14.0. The number of halogens is 1. The number of esters is 1. The van der Waals surface area contributed by atoms with Crippen molar-refractivity contribution < 1.29 is 9.53 Å². The van der Waals surface area contributed by atoms with Crippen LogP contribution in [0.25, 0.3) is 5.69 Å². The van der Waals surface area contributed by atoms with Gasteiger partial charge in [0, 0.05) is 57.2 Å². The van der Waals surface area contributed by atoms with Gasteiger partial charge in [0.25, 0.3) is 5.56 Å². The molecular formula is C25H32ClN5O3. The molecule has 182 valence electrons. The molecule has 4 rings (SSSR count). The first-order valence-corrected chi connectivity index (χ1v) is 11.3. The van der Waals surface area contributed by atoms with E-state index in [0.29, 0.717) is 12.1 Å². The lowest BCUT2D eigenvalue weighted by Crippen LogP contribution is -2.47. The number of hydrogen-bond donors (Lipinski definition) is 0. The lowest BCUT2D eigenvalue weighted by atomic mass is 10.2. The fourth-order valence-corrected chi connectivity index (χ4v) is 4.35. The molecule has 1 aromatic carbocycles. The third-order valence-corrected chi connectivity index (χ3v) is 6.14. The zero-order chi connectivity index (χ0) is 23.4. The maximum absolute atomic E-state index is 12.6. The number of hydrogen-bond acceptors (Lipinski definition) is 6. The number of carbonyl (C=O) groups is 1. The molecule has 0 unspecified atom stereocenters. The van der Waals surface area contributed by atoms with E-state index in [4.69, 9.17) is 4.74 Å². The van der Waals surface area contributed by atoms with Crippen LogP contribution in [0.5, 0.6) is 0 Å². The average Bonchev–Trinajstić information content (AvgIpc) is 3.11. The van der Waals surface area contributed by atoms with Crippen molar-refractivity contribution in [3.8, 4) is 5.69 Å². The molecule has 0 amide bonds. The maximum Gasteiger partial charge on any atom is 0.337 e. The van der Waals surface area contributed by atoms with Crippen molar-refractivity contribution in [2.45, 2.75) is 26.8 Å². The summed E-state index contributed by atoms with van der Waals surface area (Å²) in [5, 5.41) is 0. The van der Waals surface area contributed by atoms with Gasteiger partial charge in [-0.2, -0.15) is 0 Å². The molecule has 8 nitrogen and oxygen atoms in total. The highest BCUT2D eigenvalue weighted by Crippen LogP contribution is 2.16. The summed E-state index contributed by atoms with van der Waals surface area (Å²) in [5.41, 5.74) is 3.41. The second-order valence-corrected chi connectivity index (χ2v) is 8.47. The molecule has 0 aliphatic carbocycles. The van der Waals surface area contributed by atoms with Gasteiger partial charge >= 0.3 is 5.97 Å². The van der Waals surface area contributed by atoms with Gasteiger partial charge in [0.05, 0.1) is 18.4 Å². The zero-order valence-corrected chi connectivity index (χ0v) is 20.8. The van der Waals surface area contributed by atoms with Crippen LogP contribution in [0.4, 0.5) is 5.82 Å². The number of aromatic nitrogens is 3. The topological polar surface area (TPSA) is 72.6 Å². The standard InChI is InChI=1S/C25H31N5O3.ClH/c1-19-9-10-26-23(17-19)28-15-13-27(14-16-28)11-4-12-29-24(31)18-20(2)30(29)22-7-5-21(6-8-22)25(32)33-3;/h5-10,17-18H,4,11-16H2,1-3H3;1H. The first kappa shape index (κ1) is 25.5. The van der Waals surface area contributed by atoms with Gasteiger partial charge in [-0.25, -0.2) is 14.5 Å². The molecular weight excluding hydrogens is 454 g/mol. The molecule has 0 spiro atoms. The fraction of sp³-hybridized carbons (Fsp3) is 0.400. The van der Waals surface area contributed by atoms with Crippen LogP contribution in [0.3, 0.4) is 0 Å². The molecule has 0 N–H and O–H groups in total. The van der Waals surface area contributed by atoms with Gasteiger partial charge in [0.15, 0.2) is 0 Å². The lowest BCUT2D eigenvalue weighted by Gasteiger charge is -2.35. The molecule has 0 radical (unpaired) electrons. The molecule has 34 heavy (non-hydrogen) atoms. The zero-order valence-electron chi connectivity index (χ0n) is 19.9. The highest BCUT2D eigenvalue weighted by atomic mass is 35.5. The number of piperazine rings is 1. The van der Waals surface area contributed by atoms with Crippen molar-refractivity contribution in [3.63, 3.8) is 0 Å². The minimum absolute atomic E-state index is 0. The average molecular weight is 486 g/mol. The van der Waals surface area contributed by atoms with Crippen LogP contribution < -0.4 is 10.5 Å². The molecule has 1 fully saturated rings. The Kier molecular flexibility index (Phi) is 8.52. The molecule has 1 aliphatic heterocycles. The van der Waals surface area contributed by atoms with Gasteiger partial charge in [-0.15, -0.1) is 12.4 Å². The van der Waals surface area contributed by atoms with E-state index < -0.39 is 0 Å². The van der Waals surface area contributed by atoms with E-state index >= 15 is 0 Å². The van der Waals surface area contributed by atoms with Crippen LogP contribution >= 0.6 is 12.4 Å².